The second kappa shape index (κ2) is 6.23. The zero-order valence-corrected chi connectivity index (χ0v) is 17.0. The van der Waals surface area contributed by atoms with E-state index >= 15 is 0 Å². The van der Waals surface area contributed by atoms with Crippen molar-refractivity contribution >= 4 is 16.9 Å². The Labute approximate surface area is 161 Å². The number of hydrogen-bond acceptors (Lipinski definition) is 3. The minimum Gasteiger partial charge on any atom is -0.462 e. The fourth-order valence-corrected chi connectivity index (χ4v) is 5.28. The summed E-state index contributed by atoms with van der Waals surface area (Å²) in [6.07, 6.45) is 2.91. The number of carbonyl (C=O) groups is 1. The summed E-state index contributed by atoms with van der Waals surface area (Å²) in [4.78, 5) is 18.0. The van der Waals surface area contributed by atoms with Gasteiger partial charge in [-0.3, -0.25) is 4.79 Å². The third-order valence-corrected chi connectivity index (χ3v) is 6.66. The van der Waals surface area contributed by atoms with Crippen LogP contribution in [-0.2, 0) is 21.4 Å². The number of piperidine rings is 1. The molecule has 1 aromatic carbocycles. The lowest BCUT2D eigenvalue weighted by molar-refractivity contribution is -0.155. The SMILES string of the molecule is C=CC(C)(C)c1[nH]c2cccc3c2c1CC1C3C(OC(C)=O)C(C)CN1C. The van der Waals surface area contributed by atoms with Crippen LogP contribution in [0.5, 0.6) is 0 Å². The number of rotatable bonds is 3. The number of nitrogens with zero attached hydrogens (tertiary/aromatic N) is 1. The second-order valence-corrected chi connectivity index (χ2v) is 8.96. The molecule has 1 fully saturated rings. The Balaban J connectivity index is 1.94. The van der Waals surface area contributed by atoms with Crippen molar-refractivity contribution in [1.82, 2.24) is 9.88 Å². The molecule has 1 aliphatic carbocycles. The molecule has 4 rings (SSSR count). The van der Waals surface area contributed by atoms with Gasteiger partial charge in [-0.1, -0.05) is 39.0 Å². The van der Waals surface area contributed by atoms with Crippen LogP contribution in [0.2, 0.25) is 0 Å². The number of hydrogen-bond donors (Lipinski definition) is 1. The number of benzene rings is 1. The van der Waals surface area contributed by atoms with E-state index in [4.69, 9.17) is 4.74 Å². The Bertz CT molecular complexity index is 910. The van der Waals surface area contributed by atoms with Gasteiger partial charge in [0.05, 0.1) is 0 Å². The van der Waals surface area contributed by atoms with E-state index in [2.05, 4.69) is 62.5 Å². The lowest BCUT2D eigenvalue weighted by atomic mass is 9.69. The van der Waals surface area contributed by atoms with Crippen LogP contribution in [0, 0.1) is 5.92 Å². The summed E-state index contributed by atoms with van der Waals surface area (Å²) in [5.41, 5.74) is 5.03. The Morgan fingerprint density at radius 1 is 1.41 bits per heavy atom. The minimum atomic E-state index is -0.185. The van der Waals surface area contributed by atoms with Gasteiger partial charge in [0, 0.05) is 53.4 Å². The second-order valence-electron chi connectivity index (χ2n) is 8.96. The number of ether oxygens (including phenoxy) is 1. The quantitative estimate of drug-likeness (QED) is 0.655. The van der Waals surface area contributed by atoms with E-state index in [1.54, 1.807) is 0 Å². The summed E-state index contributed by atoms with van der Waals surface area (Å²) < 4.78 is 5.87. The normalized spacial score (nSPS) is 28.0. The van der Waals surface area contributed by atoms with Gasteiger partial charge in [-0.05, 0) is 30.7 Å². The molecule has 0 bridgehead atoms. The predicted molar refractivity (Wildman–Crippen MR) is 109 cm³/mol. The fraction of sp³-hybridized carbons (Fsp3) is 0.522. The first-order valence-electron chi connectivity index (χ1n) is 9.89. The van der Waals surface area contributed by atoms with Gasteiger partial charge in [0.15, 0.2) is 0 Å². The van der Waals surface area contributed by atoms with Crippen molar-refractivity contribution in [1.29, 1.82) is 0 Å². The molecule has 4 heteroatoms. The fourth-order valence-electron chi connectivity index (χ4n) is 5.28. The summed E-state index contributed by atoms with van der Waals surface area (Å²) >= 11 is 0. The molecule has 4 atom stereocenters. The molecule has 2 heterocycles. The predicted octanol–water partition coefficient (Wildman–Crippen LogP) is 4.15. The molecule has 0 spiro atoms. The highest BCUT2D eigenvalue weighted by Gasteiger charge is 2.47. The Morgan fingerprint density at radius 2 is 2.15 bits per heavy atom. The van der Waals surface area contributed by atoms with E-state index in [1.165, 1.54) is 34.6 Å². The van der Waals surface area contributed by atoms with E-state index in [1.807, 2.05) is 6.08 Å². The Morgan fingerprint density at radius 3 is 2.81 bits per heavy atom. The van der Waals surface area contributed by atoms with E-state index in [-0.39, 0.29) is 23.4 Å². The molecule has 1 N–H and O–H groups in total. The number of allylic oxidation sites excluding steroid dienone is 1. The van der Waals surface area contributed by atoms with Crippen molar-refractivity contribution in [3.63, 3.8) is 0 Å². The van der Waals surface area contributed by atoms with Crippen LogP contribution in [0.15, 0.2) is 30.9 Å². The maximum absolute atomic E-state index is 11.8. The van der Waals surface area contributed by atoms with Gasteiger partial charge >= 0.3 is 5.97 Å². The van der Waals surface area contributed by atoms with Crippen molar-refractivity contribution in [3.8, 4) is 0 Å². The number of H-pyrrole nitrogens is 1. The largest absolute Gasteiger partial charge is 0.462 e. The van der Waals surface area contributed by atoms with Crippen molar-refractivity contribution in [3.05, 3.63) is 47.7 Å². The van der Waals surface area contributed by atoms with Crippen molar-refractivity contribution in [2.45, 2.75) is 57.6 Å². The minimum absolute atomic E-state index is 0.0757. The molecule has 1 aliphatic heterocycles. The lowest BCUT2D eigenvalue weighted by Crippen LogP contribution is -2.55. The summed E-state index contributed by atoms with van der Waals surface area (Å²) in [6, 6.07) is 6.83. The van der Waals surface area contributed by atoms with Gasteiger partial charge in [0.25, 0.3) is 0 Å². The molecule has 1 saturated heterocycles. The highest BCUT2D eigenvalue weighted by atomic mass is 16.5. The van der Waals surface area contributed by atoms with Gasteiger partial charge < -0.3 is 14.6 Å². The maximum atomic E-state index is 11.8. The first-order valence-corrected chi connectivity index (χ1v) is 9.89. The monoisotopic (exact) mass is 366 g/mol. The molecule has 0 amide bonds. The Kier molecular flexibility index (Phi) is 4.22. The Hall–Kier alpha value is -2.07. The molecule has 1 aromatic heterocycles. The molecule has 27 heavy (non-hydrogen) atoms. The first-order chi connectivity index (χ1) is 12.7. The number of aromatic nitrogens is 1. The summed E-state index contributed by atoms with van der Waals surface area (Å²) in [6.45, 7) is 13.1. The topological polar surface area (TPSA) is 45.3 Å². The number of carbonyl (C=O) groups excluding carboxylic acids is 1. The lowest BCUT2D eigenvalue weighted by Gasteiger charge is -2.49. The number of aromatic amines is 1. The molecular weight excluding hydrogens is 336 g/mol. The third kappa shape index (κ3) is 2.73. The van der Waals surface area contributed by atoms with Crippen LogP contribution in [0.25, 0.3) is 10.9 Å². The molecule has 0 saturated carbocycles. The van der Waals surface area contributed by atoms with Gasteiger partial charge in [0.1, 0.15) is 6.10 Å². The van der Waals surface area contributed by atoms with E-state index in [0.29, 0.717) is 12.0 Å². The average Bonchev–Trinajstić information content (AvgIpc) is 2.99. The van der Waals surface area contributed by atoms with Crippen LogP contribution < -0.4 is 0 Å². The number of esters is 1. The maximum Gasteiger partial charge on any atom is 0.302 e. The van der Waals surface area contributed by atoms with Gasteiger partial charge in [-0.25, -0.2) is 0 Å². The number of fused-ring (bicyclic) bond motifs is 2. The van der Waals surface area contributed by atoms with Gasteiger partial charge in [-0.2, -0.15) is 0 Å². The summed E-state index contributed by atoms with van der Waals surface area (Å²) in [5, 5.41) is 1.32. The summed E-state index contributed by atoms with van der Waals surface area (Å²) in [5.74, 6) is 0.324. The molecule has 144 valence electrons. The first kappa shape index (κ1) is 18.3. The summed E-state index contributed by atoms with van der Waals surface area (Å²) in [7, 11) is 2.20. The van der Waals surface area contributed by atoms with Crippen molar-refractivity contribution < 1.29 is 9.53 Å². The van der Waals surface area contributed by atoms with E-state index < -0.39 is 0 Å². The van der Waals surface area contributed by atoms with Crippen LogP contribution in [0.3, 0.4) is 0 Å². The third-order valence-electron chi connectivity index (χ3n) is 6.66. The molecule has 4 unspecified atom stereocenters. The van der Waals surface area contributed by atoms with Crippen molar-refractivity contribution in [2.75, 3.05) is 13.6 Å². The molecule has 0 radical (unpaired) electrons. The highest BCUT2D eigenvalue weighted by molar-refractivity contribution is 5.90. The van der Waals surface area contributed by atoms with Gasteiger partial charge in [0.2, 0.25) is 0 Å². The number of likely N-dealkylation sites (tertiary alicyclic amines) is 1. The number of likely N-dealkylation sites (N-methyl/N-ethyl adjacent to an activating group) is 1. The molecular formula is C23H30N2O2. The highest BCUT2D eigenvalue weighted by Crippen LogP contribution is 2.48. The van der Waals surface area contributed by atoms with Gasteiger partial charge in [-0.15, -0.1) is 6.58 Å². The molecule has 2 aromatic rings. The van der Waals surface area contributed by atoms with E-state index in [0.717, 1.165) is 13.0 Å². The zero-order chi connectivity index (χ0) is 19.5. The van der Waals surface area contributed by atoms with Crippen molar-refractivity contribution in [2.24, 2.45) is 5.92 Å². The molecule has 4 nitrogen and oxygen atoms in total. The van der Waals surface area contributed by atoms with E-state index in [9.17, 15) is 4.79 Å². The van der Waals surface area contributed by atoms with Crippen LogP contribution in [0.1, 0.15) is 50.4 Å². The standard InChI is InChI=1S/C23H30N2O2/c1-7-23(4,5)22-16-11-18-20(15-9-8-10-17(24-22)19(15)16)21(27-14(3)26)13(2)12-25(18)6/h7-10,13,18,20-21,24H,1,11-12H2,2-6H3. The number of nitrogens with one attached hydrogen (secondary N) is 1. The van der Waals surface area contributed by atoms with Crippen LogP contribution >= 0.6 is 0 Å². The smallest absolute Gasteiger partial charge is 0.302 e. The van der Waals surface area contributed by atoms with Crippen LogP contribution in [0.4, 0.5) is 0 Å². The van der Waals surface area contributed by atoms with Crippen LogP contribution in [-0.4, -0.2) is 41.6 Å². The molecule has 2 aliphatic rings. The average molecular weight is 367 g/mol. The zero-order valence-electron chi connectivity index (χ0n) is 17.0.